The molecule has 1 aliphatic carbocycles. The monoisotopic (exact) mass is 1750 g/mol. The van der Waals surface area contributed by atoms with Gasteiger partial charge in [0.25, 0.3) is 0 Å². The molecule has 25 nitrogen and oxygen atoms in total. The number of phosphoric acid groups is 1. The first kappa shape index (κ1) is 112. The summed E-state index contributed by atoms with van der Waals surface area (Å²) in [5.74, 6) is -1.66. The van der Waals surface area contributed by atoms with Crippen molar-refractivity contribution in [3.63, 3.8) is 0 Å². The lowest BCUT2D eigenvalue weighted by molar-refractivity contribution is -0.360. The topological polar surface area (TPSA) is 380 Å². The first-order valence-corrected chi connectivity index (χ1v) is 50.7. The third-order valence-electron chi connectivity index (χ3n) is 24.6. The second-order valence-electron chi connectivity index (χ2n) is 35.8. The van der Waals surface area contributed by atoms with E-state index in [4.69, 9.17) is 46.9 Å². The van der Waals surface area contributed by atoms with E-state index in [1.165, 1.54) is 180 Å². The molecule has 0 spiro atoms. The van der Waals surface area contributed by atoms with Gasteiger partial charge in [-0.1, -0.05) is 362 Å². The van der Waals surface area contributed by atoms with Crippen molar-refractivity contribution in [3.8, 4) is 0 Å². The molecular weight excluding hydrogens is 1570 g/mol. The van der Waals surface area contributed by atoms with Gasteiger partial charge in [0.05, 0.1) is 13.2 Å². The summed E-state index contributed by atoms with van der Waals surface area (Å²) in [7, 11) is -5.81. The Bertz CT molecular complexity index is 2590. The second kappa shape index (κ2) is 72.1. The molecule has 10 N–H and O–H groups in total. The van der Waals surface area contributed by atoms with Crippen LogP contribution in [0.25, 0.3) is 0 Å². The maximum atomic E-state index is 15.0. The van der Waals surface area contributed by atoms with Gasteiger partial charge in [0.2, 0.25) is 0 Å². The van der Waals surface area contributed by atoms with Crippen LogP contribution in [0.1, 0.15) is 427 Å². The molecule has 2 heterocycles. The number of aliphatic hydroxyl groups excluding tert-OH is 9. The van der Waals surface area contributed by atoms with Gasteiger partial charge in [-0.3, -0.25) is 28.2 Å². The van der Waals surface area contributed by atoms with E-state index in [0.29, 0.717) is 43.9 Å². The lowest BCUT2D eigenvalue weighted by atomic mass is 9.84. The Morgan fingerprint density at radius 3 is 1.07 bits per heavy atom. The van der Waals surface area contributed by atoms with Crippen LogP contribution >= 0.6 is 7.82 Å². The number of hydrogen-bond donors (Lipinski definition) is 10. The van der Waals surface area contributed by atoms with E-state index in [1.807, 2.05) is 0 Å². The lowest BCUT2D eigenvalue weighted by Crippen LogP contribution is -2.70. The molecule has 0 radical (unpaired) electrons. The summed E-state index contributed by atoms with van der Waals surface area (Å²) in [5.41, 5.74) is 0. The lowest BCUT2D eigenvalue weighted by Gasteiger charge is -2.50. The number of esters is 4. The number of aliphatic hydroxyl groups is 9. The van der Waals surface area contributed by atoms with Crippen LogP contribution in [0.2, 0.25) is 0 Å². The van der Waals surface area contributed by atoms with Crippen LogP contribution in [0.3, 0.4) is 0 Å². The Morgan fingerprint density at radius 1 is 0.347 bits per heavy atom. The molecule has 3 rings (SSSR count). The minimum atomic E-state index is -5.81. The average molecular weight is 1750 g/mol. The van der Waals surface area contributed by atoms with Crippen LogP contribution in [0, 0.1) is 11.8 Å². The molecule has 712 valence electrons. The highest BCUT2D eigenvalue weighted by molar-refractivity contribution is 7.47. The van der Waals surface area contributed by atoms with Crippen LogP contribution in [0.5, 0.6) is 0 Å². The molecule has 2 aliphatic heterocycles. The fourth-order valence-electron chi connectivity index (χ4n) is 16.6. The van der Waals surface area contributed by atoms with E-state index in [0.717, 1.165) is 148 Å². The summed E-state index contributed by atoms with van der Waals surface area (Å²) >= 11 is 0. The summed E-state index contributed by atoms with van der Waals surface area (Å²) in [6.45, 7) is 10.2. The number of allylic oxidation sites excluding steroid dienone is 2. The van der Waals surface area contributed by atoms with E-state index >= 15 is 0 Å². The quantitative estimate of drug-likeness (QED) is 0.00889. The highest BCUT2D eigenvalue weighted by Crippen LogP contribution is 2.49. The molecule has 121 heavy (non-hydrogen) atoms. The average Bonchev–Trinajstić information content (AvgIpc) is 0.753. The minimum absolute atomic E-state index is 0.0180. The molecule has 0 bridgehead atoms. The van der Waals surface area contributed by atoms with Gasteiger partial charge in [-0.25, -0.2) is 4.57 Å². The van der Waals surface area contributed by atoms with Crippen molar-refractivity contribution < 1.29 is 122 Å². The zero-order valence-corrected chi connectivity index (χ0v) is 77.3. The smallest absolute Gasteiger partial charge is 0.463 e. The molecule has 26 heteroatoms. The van der Waals surface area contributed by atoms with Crippen molar-refractivity contribution in [2.45, 2.75) is 531 Å². The number of carbonyl (C=O) groups excluding carboxylic acids is 4. The molecule has 2 saturated heterocycles. The Hall–Kier alpha value is -2.79. The van der Waals surface area contributed by atoms with E-state index in [2.05, 4.69) is 53.7 Å². The maximum Gasteiger partial charge on any atom is 0.472 e. The third kappa shape index (κ3) is 52.5. The van der Waals surface area contributed by atoms with Crippen LogP contribution in [-0.2, 0) is 70.7 Å². The highest BCUT2D eigenvalue weighted by atomic mass is 31.2. The Balaban J connectivity index is 1.92. The SMILES string of the molecule is CCCCCC/C=C\CCCCCCCCCC(=O)OCC(COP(=O)(O)OC1C(OC2OC(CO)C(O)C(O)C2O)C(O)C(O)C(OC(=O)CCCCCCCCC(C)CCCCCCCC)C1OC1OC(COC(=O)CCCCCCCCCCCCCCCCC)C(O)C(O)C1O)OC(=O)CCCCCCCCC(C)CCCCCCCC. The van der Waals surface area contributed by atoms with Crippen molar-refractivity contribution in [2.24, 2.45) is 11.8 Å². The number of carbonyl (C=O) groups is 4. The number of unbranched alkanes of at least 4 members (excludes halogenated alkanes) is 45. The Morgan fingerprint density at radius 2 is 0.669 bits per heavy atom. The first-order valence-electron chi connectivity index (χ1n) is 49.2. The summed E-state index contributed by atoms with van der Waals surface area (Å²) in [5, 5.41) is 103. The van der Waals surface area contributed by atoms with Crippen LogP contribution in [0.15, 0.2) is 12.2 Å². The van der Waals surface area contributed by atoms with Gasteiger partial charge < -0.3 is 88.7 Å². The fourth-order valence-corrected chi connectivity index (χ4v) is 17.5. The summed E-state index contributed by atoms with van der Waals surface area (Å²) < 4.78 is 73.7. The molecule has 20 atom stereocenters. The zero-order valence-electron chi connectivity index (χ0n) is 76.4. The summed E-state index contributed by atoms with van der Waals surface area (Å²) in [6.07, 6.45) is 29.1. The van der Waals surface area contributed by atoms with Crippen molar-refractivity contribution in [3.05, 3.63) is 12.2 Å². The second-order valence-corrected chi connectivity index (χ2v) is 37.2. The van der Waals surface area contributed by atoms with Crippen molar-refractivity contribution in [1.82, 2.24) is 0 Å². The van der Waals surface area contributed by atoms with E-state index in [-0.39, 0.29) is 25.7 Å². The predicted molar refractivity (Wildman–Crippen MR) is 472 cm³/mol. The molecule has 1 saturated carbocycles. The molecule has 0 amide bonds. The third-order valence-corrected chi connectivity index (χ3v) is 25.5. The van der Waals surface area contributed by atoms with E-state index < -0.39 is 162 Å². The maximum absolute atomic E-state index is 15.0. The van der Waals surface area contributed by atoms with Gasteiger partial charge in [-0.05, 0) is 63.2 Å². The Labute approximate surface area is 731 Å². The number of ether oxygens (including phenoxy) is 8. The van der Waals surface area contributed by atoms with Gasteiger partial charge in [0.1, 0.15) is 92.6 Å². The standard InChI is InChI=1S/C95H177O25P/c1-7-11-15-19-23-25-27-29-31-33-35-37-39-49-57-65-78(97)111-70-75(114-80(99)67-59-51-43-41-47-55-63-73(5)61-53-45-21-17-13-9-3)71-113-121(109,110)120-93-91(118-94-88(107)84(103)82(101)76(69-96)115-94)87(106)86(105)90(117-81(100)68-60-52-44-42-48-56-64-74(6)62-54-46-22-18-14-10-4)92(93)119-95-89(108)85(104)83(102)77(116-95)72-112-79(98)66-58-50-40-38-36-34-32-30-28-26-24-20-16-12-8-2/h25,27,73-77,82-96,101-108H,7-24,26,28-72H2,1-6H3,(H,109,110)/b27-25-. The molecular formula is C95H177O25P. The van der Waals surface area contributed by atoms with Crippen molar-refractivity contribution in [2.75, 3.05) is 26.4 Å². The predicted octanol–water partition coefficient (Wildman–Crippen LogP) is 18.8. The van der Waals surface area contributed by atoms with Crippen molar-refractivity contribution in [1.29, 1.82) is 0 Å². The molecule has 3 fully saturated rings. The minimum Gasteiger partial charge on any atom is -0.463 e. The van der Waals surface area contributed by atoms with Gasteiger partial charge in [0, 0.05) is 25.7 Å². The van der Waals surface area contributed by atoms with E-state index in [1.54, 1.807) is 0 Å². The van der Waals surface area contributed by atoms with Crippen LogP contribution < -0.4 is 0 Å². The van der Waals surface area contributed by atoms with Crippen LogP contribution in [0.4, 0.5) is 0 Å². The molecule has 3 aliphatic rings. The van der Waals surface area contributed by atoms with Gasteiger partial charge in [0.15, 0.2) is 24.8 Å². The number of hydrogen-bond acceptors (Lipinski definition) is 24. The normalized spacial score (nSPS) is 25.2. The fraction of sp³-hybridized carbons (Fsp3) is 0.937. The van der Waals surface area contributed by atoms with Crippen LogP contribution in [-0.4, -0.2) is 205 Å². The largest absolute Gasteiger partial charge is 0.472 e. The highest BCUT2D eigenvalue weighted by Gasteiger charge is 2.60. The van der Waals surface area contributed by atoms with Gasteiger partial charge >= 0.3 is 31.7 Å². The number of rotatable bonds is 79. The van der Waals surface area contributed by atoms with E-state index in [9.17, 15) is 74.6 Å². The van der Waals surface area contributed by atoms with Gasteiger partial charge in [-0.15, -0.1) is 0 Å². The molecule has 0 aromatic carbocycles. The molecule has 0 aromatic heterocycles. The summed E-state index contributed by atoms with van der Waals surface area (Å²) in [6, 6.07) is 0. The first-order chi connectivity index (χ1) is 58.5. The molecule has 0 aromatic rings. The number of phosphoric ester groups is 1. The molecule has 20 unspecified atom stereocenters. The van der Waals surface area contributed by atoms with Crippen molar-refractivity contribution >= 4 is 31.7 Å². The zero-order chi connectivity index (χ0) is 88.5. The van der Waals surface area contributed by atoms with Gasteiger partial charge in [-0.2, -0.15) is 0 Å². The Kier molecular flexibility index (Phi) is 66.9. The summed E-state index contributed by atoms with van der Waals surface area (Å²) in [4.78, 5) is 66.7.